The Hall–Kier alpha value is -5.42. The van der Waals surface area contributed by atoms with Crippen LogP contribution in [0.4, 0.5) is 0 Å². The summed E-state index contributed by atoms with van der Waals surface area (Å²) in [5.74, 6) is -0.195. The van der Waals surface area contributed by atoms with Gasteiger partial charge in [-0.2, -0.15) is 0 Å². The van der Waals surface area contributed by atoms with Gasteiger partial charge in [-0.05, 0) is 84.5 Å². The Balaban J connectivity index is 1.53. The van der Waals surface area contributed by atoms with E-state index in [0.717, 1.165) is 16.3 Å². The topological polar surface area (TPSA) is 167 Å². The number of benzene rings is 4. The smallest absolute Gasteiger partial charge is 0.306 e. The second-order valence-electron chi connectivity index (χ2n) is 12.9. The van der Waals surface area contributed by atoms with Crippen molar-refractivity contribution in [1.82, 2.24) is 10.9 Å². The van der Waals surface area contributed by atoms with Gasteiger partial charge >= 0.3 is 5.97 Å². The van der Waals surface area contributed by atoms with Crippen LogP contribution in [0.3, 0.4) is 0 Å². The number of carbonyl (C=O) groups is 2. The zero-order chi connectivity index (χ0) is 35.6. The number of nitrogens with zero attached hydrogens (tertiary/aromatic N) is 4. The number of fused-ring (bicyclic) bond motifs is 1. The van der Waals surface area contributed by atoms with Crippen LogP contribution in [0.2, 0.25) is 0 Å². The van der Waals surface area contributed by atoms with E-state index >= 15 is 0 Å². The zero-order valence-corrected chi connectivity index (χ0v) is 28.5. The van der Waals surface area contributed by atoms with E-state index < -0.39 is 29.1 Å². The number of azide groups is 1. The molecule has 0 saturated heterocycles. The van der Waals surface area contributed by atoms with Gasteiger partial charge in [0.2, 0.25) is 5.90 Å². The van der Waals surface area contributed by atoms with Crippen molar-refractivity contribution in [3.05, 3.63) is 124 Å². The fourth-order valence-corrected chi connectivity index (χ4v) is 5.85. The number of aliphatic hydroxyl groups excluding tert-OH is 1. The summed E-state index contributed by atoms with van der Waals surface area (Å²) in [6.45, 7) is 6.07. The minimum absolute atomic E-state index is 0.0187. The summed E-state index contributed by atoms with van der Waals surface area (Å²) in [5.41, 5.74) is 15.5. The molecule has 0 unspecified atom stereocenters. The molecule has 0 fully saturated rings. The van der Waals surface area contributed by atoms with Gasteiger partial charge in [-0.1, -0.05) is 71.8 Å². The molecule has 4 aromatic rings. The van der Waals surface area contributed by atoms with Crippen molar-refractivity contribution in [2.24, 2.45) is 10.1 Å². The van der Waals surface area contributed by atoms with Gasteiger partial charge in [-0.3, -0.25) is 15.0 Å². The molecule has 260 valence electrons. The Kier molecular flexibility index (Phi) is 11.7. The predicted octanol–water partition coefficient (Wildman–Crippen LogP) is 6.61. The molecule has 4 aromatic carbocycles. The number of hydrogen-bond acceptors (Lipinski definition) is 9. The number of aliphatic hydroxyl groups is 1. The van der Waals surface area contributed by atoms with Crippen LogP contribution in [0, 0.1) is 0 Å². The first-order valence-electron chi connectivity index (χ1n) is 16.5. The first-order valence-corrected chi connectivity index (χ1v) is 16.5. The summed E-state index contributed by atoms with van der Waals surface area (Å²) in [6.07, 6.45) is -0.667. The molecule has 3 N–H and O–H groups in total. The maximum atomic E-state index is 14.6. The molecule has 0 aliphatic carbocycles. The number of ether oxygens (including phenoxy) is 3. The number of esters is 1. The van der Waals surface area contributed by atoms with Crippen LogP contribution in [-0.4, -0.2) is 47.2 Å². The lowest BCUT2D eigenvalue weighted by molar-refractivity contribution is -0.155. The molecule has 1 amide bonds. The van der Waals surface area contributed by atoms with Crippen molar-refractivity contribution in [3.63, 3.8) is 0 Å². The molecular weight excluding hydrogens is 636 g/mol. The average molecular weight is 679 g/mol. The molecule has 0 saturated carbocycles. The zero-order valence-electron chi connectivity index (χ0n) is 28.5. The van der Waals surface area contributed by atoms with Crippen LogP contribution in [0.15, 0.2) is 101 Å². The third-order valence-electron chi connectivity index (χ3n) is 8.16. The number of rotatable bonds is 15. The number of hydrazine groups is 1. The summed E-state index contributed by atoms with van der Waals surface area (Å²) in [7, 11) is 0. The molecule has 2 atom stereocenters. The lowest BCUT2D eigenvalue weighted by atomic mass is 9.82. The number of aliphatic imine (C=N–C) groups is 1. The largest absolute Gasteiger partial charge is 0.494 e. The molecule has 12 nitrogen and oxygen atoms in total. The minimum atomic E-state index is -1.64. The Labute approximate surface area is 291 Å². The monoisotopic (exact) mass is 678 g/mol. The van der Waals surface area contributed by atoms with Crippen LogP contribution in [0.1, 0.15) is 68.4 Å². The van der Waals surface area contributed by atoms with E-state index in [1.807, 2.05) is 60.7 Å². The van der Waals surface area contributed by atoms with E-state index in [9.17, 15) is 9.59 Å². The SMILES string of the molecule is CC(C)(C)OC(=O)CC[C@]1(C(=O)NNCc2cccc3ccccc23)N=C(c2ccc(OCCCO)cc2)O[C@H]1c1ccccc1CN=[N+]=[N-]. The second kappa shape index (κ2) is 16.3. The van der Waals surface area contributed by atoms with Crippen molar-refractivity contribution >= 4 is 28.5 Å². The van der Waals surface area contributed by atoms with E-state index in [1.165, 1.54) is 0 Å². The lowest BCUT2D eigenvalue weighted by Crippen LogP contribution is -2.53. The van der Waals surface area contributed by atoms with Gasteiger partial charge in [0.25, 0.3) is 5.91 Å². The molecule has 1 aliphatic rings. The third kappa shape index (κ3) is 8.78. The van der Waals surface area contributed by atoms with Gasteiger partial charge in [-0.25, -0.2) is 10.4 Å². The highest BCUT2D eigenvalue weighted by Crippen LogP contribution is 2.44. The van der Waals surface area contributed by atoms with E-state index in [2.05, 4.69) is 20.9 Å². The van der Waals surface area contributed by atoms with E-state index in [-0.39, 0.29) is 31.9 Å². The first kappa shape index (κ1) is 35.9. The van der Waals surface area contributed by atoms with E-state index in [4.69, 9.17) is 29.8 Å². The van der Waals surface area contributed by atoms with Crippen LogP contribution in [0.25, 0.3) is 21.2 Å². The molecule has 0 spiro atoms. The maximum absolute atomic E-state index is 14.6. The average Bonchev–Trinajstić information content (AvgIpc) is 3.50. The van der Waals surface area contributed by atoms with Crippen LogP contribution < -0.4 is 15.6 Å². The van der Waals surface area contributed by atoms with E-state index in [0.29, 0.717) is 42.0 Å². The van der Waals surface area contributed by atoms with Gasteiger partial charge in [-0.15, -0.1) is 0 Å². The fourth-order valence-electron chi connectivity index (χ4n) is 5.85. The van der Waals surface area contributed by atoms with Gasteiger partial charge in [0, 0.05) is 36.5 Å². The Morgan fingerprint density at radius 3 is 2.48 bits per heavy atom. The molecule has 12 heteroatoms. The van der Waals surface area contributed by atoms with Crippen molar-refractivity contribution in [2.45, 2.75) is 70.4 Å². The van der Waals surface area contributed by atoms with Crippen molar-refractivity contribution in [3.8, 4) is 5.75 Å². The summed E-state index contributed by atoms with van der Waals surface area (Å²) in [5, 5.41) is 15.0. The molecule has 50 heavy (non-hydrogen) atoms. The Bertz CT molecular complexity index is 1880. The lowest BCUT2D eigenvalue weighted by Gasteiger charge is -2.32. The molecule has 1 heterocycles. The second-order valence-corrected chi connectivity index (χ2v) is 12.9. The fraction of sp³-hybridized carbons (Fsp3) is 0.342. The molecule has 1 aliphatic heterocycles. The maximum Gasteiger partial charge on any atom is 0.306 e. The highest BCUT2D eigenvalue weighted by atomic mass is 16.6. The quantitative estimate of drug-likeness (QED) is 0.0318. The van der Waals surface area contributed by atoms with Crippen molar-refractivity contribution in [1.29, 1.82) is 0 Å². The highest BCUT2D eigenvalue weighted by Gasteiger charge is 2.54. The van der Waals surface area contributed by atoms with E-state index in [1.54, 1.807) is 51.1 Å². The predicted molar refractivity (Wildman–Crippen MR) is 190 cm³/mol. The molecular formula is C38H42N6O6. The summed E-state index contributed by atoms with van der Waals surface area (Å²) >= 11 is 0. The van der Waals surface area contributed by atoms with Gasteiger partial charge in [0.15, 0.2) is 11.6 Å². The summed E-state index contributed by atoms with van der Waals surface area (Å²) < 4.78 is 17.9. The normalized spacial score (nSPS) is 17.0. The summed E-state index contributed by atoms with van der Waals surface area (Å²) in [6, 6.07) is 28.3. The molecule has 0 aromatic heterocycles. The van der Waals surface area contributed by atoms with Crippen LogP contribution in [-0.2, 0) is 32.2 Å². The van der Waals surface area contributed by atoms with Gasteiger partial charge in [0.05, 0.1) is 13.2 Å². The number of carbonyl (C=O) groups excluding carboxylic acids is 2. The van der Waals surface area contributed by atoms with Crippen LogP contribution >= 0.6 is 0 Å². The molecule has 5 rings (SSSR count). The standard InChI is InChI=1S/C38H42N6O6/c1-37(2,3)50-33(46)20-21-38(36(47)43-40-24-28-13-8-12-26-10-4-6-14-31(26)28)34(32-15-7-5-11-29(32)25-41-44-39)49-35(42-38)27-16-18-30(19-17-27)48-23-9-22-45/h4-8,10-19,34,40,45H,9,20-25H2,1-3H3,(H,43,47)/t34-,38-/m0/s1. The number of nitrogens with one attached hydrogen (secondary N) is 2. The number of hydrogen-bond donors (Lipinski definition) is 3. The van der Waals surface area contributed by atoms with Gasteiger partial charge < -0.3 is 19.3 Å². The van der Waals surface area contributed by atoms with Crippen molar-refractivity contribution in [2.75, 3.05) is 13.2 Å². The third-order valence-corrected chi connectivity index (χ3v) is 8.16. The Morgan fingerprint density at radius 2 is 1.72 bits per heavy atom. The van der Waals surface area contributed by atoms with Crippen LogP contribution in [0.5, 0.6) is 5.75 Å². The molecule has 0 radical (unpaired) electrons. The number of amides is 1. The summed E-state index contributed by atoms with van der Waals surface area (Å²) in [4.78, 5) is 35.6. The minimum Gasteiger partial charge on any atom is -0.494 e. The van der Waals surface area contributed by atoms with Gasteiger partial charge in [0.1, 0.15) is 11.4 Å². The Morgan fingerprint density at radius 1 is 1.00 bits per heavy atom. The molecule has 0 bridgehead atoms. The highest BCUT2D eigenvalue weighted by molar-refractivity contribution is 6.01. The first-order chi connectivity index (χ1) is 24.1. The van der Waals surface area contributed by atoms with Crippen molar-refractivity contribution < 1.29 is 28.9 Å².